The molecule has 1 saturated heterocycles. The van der Waals surface area contributed by atoms with E-state index in [1.807, 2.05) is 19.2 Å². The highest BCUT2D eigenvalue weighted by Gasteiger charge is 2.21. The second-order valence-electron chi connectivity index (χ2n) is 5.68. The fraction of sp³-hybridized carbons (Fsp3) is 0.500. The number of aromatic nitrogens is 2. The predicted molar refractivity (Wildman–Crippen MR) is 86.3 cm³/mol. The molecule has 1 atom stereocenters. The lowest BCUT2D eigenvalue weighted by Crippen LogP contribution is -2.10. The van der Waals surface area contributed by atoms with Gasteiger partial charge in [-0.3, -0.25) is 0 Å². The van der Waals surface area contributed by atoms with Gasteiger partial charge in [0.15, 0.2) is 0 Å². The van der Waals surface area contributed by atoms with Crippen molar-refractivity contribution in [3.63, 3.8) is 0 Å². The molecular formula is C18H24N2O2. The van der Waals surface area contributed by atoms with E-state index in [4.69, 9.17) is 9.47 Å². The lowest BCUT2D eigenvalue weighted by molar-refractivity contribution is 0.192. The van der Waals surface area contributed by atoms with Crippen LogP contribution in [0, 0.1) is 0 Å². The van der Waals surface area contributed by atoms with E-state index in [-0.39, 0.29) is 0 Å². The van der Waals surface area contributed by atoms with E-state index in [9.17, 15) is 0 Å². The average molecular weight is 300 g/mol. The molecule has 4 heteroatoms. The molecule has 1 unspecified atom stereocenters. The second kappa shape index (κ2) is 7.45. The summed E-state index contributed by atoms with van der Waals surface area (Å²) < 4.78 is 13.5. The largest absolute Gasteiger partial charge is 0.494 e. The van der Waals surface area contributed by atoms with Gasteiger partial charge in [-0.05, 0) is 37.8 Å². The van der Waals surface area contributed by atoms with Crippen LogP contribution in [0.3, 0.4) is 0 Å². The van der Waals surface area contributed by atoms with Gasteiger partial charge in [0, 0.05) is 31.5 Å². The molecule has 4 nitrogen and oxygen atoms in total. The van der Waals surface area contributed by atoms with Crippen LogP contribution in [0.1, 0.15) is 37.1 Å². The molecule has 0 bridgehead atoms. The quantitative estimate of drug-likeness (QED) is 0.786. The molecule has 22 heavy (non-hydrogen) atoms. The van der Waals surface area contributed by atoms with E-state index < -0.39 is 0 Å². The third-order valence-corrected chi connectivity index (χ3v) is 4.16. The summed E-state index contributed by atoms with van der Waals surface area (Å²) >= 11 is 0. The number of ether oxygens (including phenoxy) is 2. The molecule has 1 aromatic carbocycles. The van der Waals surface area contributed by atoms with Crippen molar-refractivity contribution < 1.29 is 9.47 Å². The summed E-state index contributed by atoms with van der Waals surface area (Å²) in [7, 11) is 0. The third-order valence-electron chi connectivity index (χ3n) is 4.16. The Balaban J connectivity index is 1.58. The van der Waals surface area contributed by atoms with Crippen LogP contribution in [0.25, 0.3) is 0 Å². The Hall–Kier alpha value is -1.81. The van der Waals surface area contributed by atoms with Gasteiger partial charge in [-0.25, -0.2) is 4.98 Å². The molecule has 0 amide bonds. The molecule has 118 valence electrons. The second-order valence-corrected chi connectivity index (χ2v) is 5.68. The molecule has 1 fully saturated rings. The van der Waals surface area contributed by atoms with Crippen LogP contribution < -0.4 is 4.74 Å². The summed E-state index contributed by atoms with van der Waals surface area (Å²) in [5.74, 6) is 2.65. The van der Waals surface area contributed by atoms with Crippen molar-refractivity contribution in [2.24, 2.45) is 0 Å². The number of para-hydroxylation sites is 1. The minimum absolute atomic E-state index is 0.464. The number of aryl methyl sites for hydroxylation is 2. The van der Waals surface area contributed by atoms with Crippen LogP contribution in [-0.4, -0.2) is 29.4 Å². The lowest BCUT2D eigenvalue weighted by Gasteiger charge is -2.13. The monoisotopic (exact) mass is 300 g/mol. The molecule has 1 aliphatic rings. The van der Waals surface area contributed by atoms with E-state index in [2.05, 4.69) is 33.9 Å². The first-order valence-corrected chi connectivity index (χ1v) is 8.18. The molecule has 2 aromatic rings. The lowest BCUT2D eigenvalue weighted by atomic mass is 10.1. The van der Waals surface area contributed by atoms with Gasteiger partial charge in [0.25, 0.3) is 0 Å². The van der Waals surface area contributed by atoms with Gasteiger partial charge >= 0.3 is 0 Å². The molecule has 0 N–H and O–H groups in total. The van der Waals surface area contributed by atoms with Crippen LogP contribution in [0.15, 0.2) is 36.7 Å². The summed E-state index contributed by atoms with van der Waals surface area (Å²) in [6, 6.07) is 8.32. The molecule has 0 aliphatic carbocycles. The number of rotatable bonds is 7. The third kappa shape index (κ3) is 3.50. The number of imidazole rings is 1. The first kappa shape index (κ1) is 15.1. The highest BCUT2D eigenvalue weighted by Crippen LogP contribution is 2.24. The Morgan fingerprint density at radius 1 is 1.36 bits per heavy atom. The van der Waals surface area contributed by atoms with E-state index in [0.29, 0.717) is 12.5 Å². The molecular weight excluding hydrogens is 276 g/mol. The smallest absolute Gasteiger partial charge is 0.122 e. The van der Waals surface area contributed by atoms with Crippen LogP contribution in [0.2, 0.25) is 0 Å². The molecule has 0 radical (unpaired) electrons. The minimum atomic E-state index is 0.464. The Morgan fingerprint density at radius 2 is 2.27 bits per heavy atom. The average Bonchev–Trinajstić information content (AvgIpc) is 3.20. The Bertz CT molecular complexity index is 588. The Morgan fingerprint density at radius 3 is 3.09 bits per heavy atom. The van der Waals surface area contributed by atoms with E-state index >= 15 is 0 Å². The van der Waals surface area contributed by atoms with Crippen LogP contribution in [0.5, 0.6) is 5.75 Å². The topological polar surface area (TPSA) is 36.3 Å². The maximum atomic E-state index is 5.69. The Kier molecular flexibility index (Phi) is 5.11. The zero-order valence-corrected chi connectivity index (χ0v) is 13.2. The summed E-state index contributed by atoms with van der Waals surface area (Å²) in [5, 5.41) is 0. The van der Waals surface area contributed by atoms with Gasteiger partial charge in [-0.2, -0.15) is 0 Å². The zero-order valence-electron chi connectivity index (χ0n) is 13.2. The molecule has 1 aliphatic heterocycles. The Labute approximate surface area is 132 Å². The standard InChI is InChI=1S/C18H24N2O2/c1-2-22-17-8-4-3-6-15(17)7-5-11-20-12-10-19-18(20)16-9-13-21-14-16/h3-4,6,8,10,12,16H,2,5,7,9,11,13-14H2,1H3. The maximum Gasteiger partial charge on any atom is 0.122 e. The normalized spacial score (nSPS) is 17.8. The summed E-state index contributed by atoms with van der Waals surface area (Å²) in [4.78, 5) is 4.53. The zero-order chi connectivity index (χ0) is 15.2. The van der Waals surface area contributed by atoms with Crippen LogP contribution >= 0.6 is 0 Å². The highest BCUT2D eigenvalue weighted by molar-refractivity contribution is 5.33. The van der Waals surface area contributed by atoms with Crippen molar-refractivity contribution in [2.75, 3.05) is 19.8 Å². The number of hydrogen-bond acceptors (Lipinski definition) is 3. The predicted octanol–water partition coefficient (Wildman–Crippen LogP) is 3.42. The van der Waals surface area contributed by atoms with Gasteiger partial charge in [-0.1, -0.05) is 18.2 Å². The van der Waals surface area contributed by atoms with E-state index in [1.54, 1.807) is 0 Å². The van der Waals surface area contributed by atoms with E-state index in [0.717, 1.165) is 44.8 Å². The molecule has 1 aromatic heterocycles. The van der Waals surface area contributed by atoms with Gasteiger partial charge in [-0.15, -0.1) is 0 Å². The fourth-order valence-corrected chi connectivity index (χ4v) is 3.05. The number of nitrogens with zero attached hydrogens (tertiary/aromatic N) is 2. The summed E-state index contributed by atoms with van der Waals surface area (Å²) in [6.45, 7) is 5.40. The molecule has 0 saturated carbocycles. The van der Waals surface area contributed by atoms with Gasteiger partial charge in [0.1, 0.15) is 11.6 Å². The van der Waals surface area contributed by atoms with Gasteiger partial charge in [0.2, 0.25) is 0 Å². The van der Waals surface area contributed by atoms with Crippen molar-refractivity contribution >= 4 is 0 Å². The van der Waals surface area contributed by atoms with E-state index in [1.165, 1.54) is 11.4 Å². The molecule has 0 spiro atoms. The first-order chi connectivity index (χ1) is 10.9. The van der Waals surface area contributed by atoms with Crippen molar-refractivity contribution in [1.82, 2.24) is 9.55 Å². The SMILES string of the molecule is CCOc1ccccc1CCCn1ccnc1C1CCOC1. The van der Waals surface area contributed by atoms with Crippen molar-refractivity contribution in [3.05, 3.63) is 48.0 Å². The van der Waals surface area contributed by atoms with Gasteiger partial charge in [0.05, 0.1) is 13.2 Å². The minimum Gasteiger partial charge on any atom is -0.494 e. The van der Waals surface area contributed by atoms with Crippen molar-refractivity contribution in [2.45, 2.75) is 38.6 Å². The van der Waals surface area contributed by atoms with Gasteiger partial charge < -0.3 is 14.0 Å². The number of benzene rings is 1. The first-order valence-electron chi connectivity index (χ1n) is 8.18. The highest BCUT2D eigenvalue weighted by atomic mass is 16.5. The fourth-order valence-electron chi connectivity index (χ4n) is 3.05. The van der Waals surface area contributed by atoms with Crippen LogP contribution in [0.4, 0.5) is 0 Å². The van der Waals surface area contributed by atoms with Crippen molar-refractivity contribution in [3.8, 4) is 5.75 Å². The maximum absolute atomic E-state index is 5.69. The van der Waals surface area contributed by atoms with Crippen LogP contribution in [-0.2, 0) is 17.7 Å². The number of hydrogen-bond donors (Lipinski definition) is 0. The summed E-state index contributed by atoms with van der Waals surface area (Å²) in [6.07, 6.45) is 7.18. The van der Waals surface area contributed by atoms with Crippen molar-refractivity contribution in [1.29, 1.82) is 0 Å². The molecule has 3 rings (SSSR count). The summed E-state index contributed by atoms with van der Waals surface area (Å²) in [5.41, 5.74) is 1.29. The molecule has 2 heterocycles.